The highest BCUT2D eigenvalue weighted by Crippen LogP contribution is 2.23. The summed E-state index contributed by atoms with van der Waals surface area (Å²) < 4.78 is 10.4. The average molecular weight is 331 g/mol. The van der Waals surface area contributed by atoms with Crippen LogP contribution in [0, 0.1) is 10.1 Å². The first-order chi connectivity index (χ1) is 10.2. The van der Waals surface area contributed by atoms with Gasteiger partial charge in [0.15, 0.2) is 17.3 Å². The molecule has 0 amide bonds. The highest BCUT2D eigenvalue weighted by atomic mass is 35.5. The number of ether oxygens (including phenoxy) is 1. The molecule has 0 aromatic carbocycles. The molecule has 0 aliphatic carbocycles. The number of rotatable bonds is 8. The second kappa shape index (κ2) is 8.93. The Bertz CT molecular complexity index is 589. The molecule has 0 unspecified atom stereocenters. The van der Waals surface area contributed by atoms with E-state index in [2.05, 4.69) is 15.3 Å². The summed E-state index contributed by atoms with van der Waals surface area (Å²) >= 11 is 0. The first-order valence-corrected chi connectivity index (χ1v) is 6.21. The number of halogens is 1. The van der Waals surface area contributed by atoms with E-state index >= 15 is 0 Å². The lowest BCUT2D eigenvalue weighted by molar-refractivity contribution is -0.401. The summed E-state index contributed by atoms with van der Waals surface area (Å²) in [4.78, 5) is 17.9. The van der Waals surface area contributed by atoms with Gasteiger partial charge in [0.2, 0.25) is 0 Å². The Hall–Kier alpha value is -2.23. The third-order valence-electron chi connectivity index (χ3n) is 2.46. The maximum atomic E-state index is 10.5. The fourth-order valence-electron chi connectivity index (χ4n) is 1.51. The van der Waals surface area contributed by atoms with Crippen molar-refractivity contribution in [2.24, 2.45) is 0 Å². The third kappa shape index (κ3) is 4.95. The molecule has 120 valence electrons. The van der Waals surface area contributed by atoms with E-state index in [1.54, 1.807) is 0 Å². The number of nitrogens with one attached hydrogen (secondary N) is 1. The van der Waals surface area contributed by atoms with Gasteiger partial charge in [0, 0.05) is 13.1 Å². The van der Waals surface area contributed by atoms with E-state index in [-0.39, 0.29) is 36.5 Å². The molecule has 0 radical (unpaired) electrons. The SMILES string of the molecule is Cl.O=[N+]([O-])c1ccc(-c2ncc(OCCNCCO)cn2)o1. The van der Waals surface area contributed by atoms with Gasteiger partial charge < -0.3 is 19.6 Å². The van der Waals surface area contributed by atoms with Crippen LogP contribution in [-0.2, 0) is 0 Å². The number of hydrogen-bond acceptors (Lipinski definition) is 8. The summed E-state index contributed by atoms with van der Waals surface area (Å²) in [5.41, 5.74) is 0. The summed E-state index contributed by atoms with van der Waals surface area (Å²) in [6.45, 7) is 1.59. The van der Waals surface area contributed by atoms with Crippen LogP contribution in [0.5, 0.6) is 5.75 Å². The molecule has 10 heteroatoms. The van der Waals surface area contributed by atoms with Crippen LogP contribution in [-0.4, -0.2) is 46.3 Å². The van der Waals surface area contributed by atoms with Crippen molar-refractivity contribution in [2.75, 3.05) is 26.3 Å². The summed E-state index contributed by atoms with van der Waals surface area (Å²) in [7, 11) is 0. The Labute approximate surface area is 131 Å². The van der Waals surface area contributed by atoms with Gasteiger partial charge in [0.1, 0.15) is 11.5 Å². The number of aliphatic hydroxyl groups is 1. The molecule has 2 aromatic heterocycles. The molecule has 0 aliphatic rings. The topological polar surface area (TPSA) is 124 Å². The molecule has 0 bridgehead atoms. The minimum absolute atomic E-state index is 0. The van der Waals surface area contributed by atoms with Crippen LogP contribution < -0.4 is 10.1 Å². The normalized spacial score (nSPS) is 10.0. The summed E-state index contributed by atoms with van der Waals surface area (Å²) in [6.07, 6.45) is 2.92. The first kappa shape index (κ1) is 17.8. The minimum Gasteiger partial charge on any atom is -0.489 e. The molecule has 2 N–H and O–H groups in total. The molecular formula is C12H15ClN4O5. The molecule has 0 spiro atoms. The summed E-state index contributed by atoms with van der Waals surface area (Å²) in [5.74, 6) is 0.584. The predicted octanol–water partition coefficient (Wildman–Crippen LogP) is 1.03. The third-order valence-corrected chi connectivity index (χ3v) is 2.46. The van der Waals surface area contributed by atoms with Crippen LogP contribution in [0.1, 0.15) is 0 Å². The van der Waals surface area contributed by atoms with Crippen molar-refractivity contribution in [2.45, 2.75) is 0 Å². The van der Waals surface area contributed by atoms with Crippen LogP contribution in [0.3, 0.4) is 0 Å². The van der Waals surface area contributed by atoms with Gasteiger partial charge in [0.25, 0.3) is 0 Å². The van der Waals surface area contributed by atoms with E-state index in [9.17, 15) is 10.1 Å². The maximum Gasteiger partial charge on any atom is 0.433 e. The molecule has 2 heterocycles. The van der Waals surface area contributed by atoms with Gasteiger partial charge in [-0.25, -0.2) is 9.97 Å². The smallest absolute Gasteiger partial charge is 0.433 e. The van der Waals surface area contributed by atoms with Crippen molar-refractivity contribution in [3.63, 3.8) is 0 Å². The molecule has 0 aliphatic heterocycles. The molecule has 0 atom stereocenters. The molecule has 22 heavy (non-hydrogen) atoms. The lowest BCUT2D eigenvalue weighted by Gasteiger charge is -2.06. The molecule has 9 nitrogen and oxygen atoms in total. The highest BCUT2D eigenvalue weighted by molar-refractivity contribution is 5.85. The number of furan rings is 1. The monoisotopic (exact) mass is 330 g/mol. The zero-order valence-corrected chi connectivity index (χ0v) is 12.3. The predicted molar refractivity (Wildman–Crippen MR) is 79.1 cm³/mol. The van der Waals surface area contributed by atoms with Crippen molar-refractivity contribution in [1.29, 1.82) is 0 Å². The van der Waals surface area contributed by atoms with Crippen molar-refractivity contribution in [1.82, 2.24) is 15.3 Å². The first-order valence-electron chi connectivity index (χ1n) is 6.21. The lowest BCUT2D eigenvalue weighted by atomic mass is 10.4. The van der Waals surface area contributed by atoms with E-state index in [1.807, 2.05) is 0 Å². The van der Waals surface area contributed by atoms with Crippen molar-refractivity contribution >= 4 is 18.3 Å². The second-order valence-corrected chi connectivity index (χ2v) is 3.96. The quantitative estimate of drug-likeness (QED) is 0.418. The zero-order valence-electron chi connectivity index (χ0n) is 11.5. The van der Waals surface area contributed by atoms with Crippen LogP contribution in [0.25, 0.3) is 11.6 Å². The van der Waals surface area contributed by atoms with Gasteiger partial charge in [0.05, 0.1) is 25.1 Å². The van der Waals surface area contributed by atoms with Gasteiger partial charge in [-0.15, -0.1) is 12.4 Å². The highest BCUT2D eigenvalue weighted by Gasteiger charge is 2.14. The van der Waals surface area contributed by atoms with Crippen molar-refractivity contribution in [3.8, 4) is 17.3 Å². The minimum atomic E-state index is -0.625. The number of nitrogens with zero attached hydrogens (tertiary/aromatic N) is 3. The van der Waals surface area contributed by atoms with Gasteiger partial charge in [-0.2, -0.15) is 0 Å². The number of aliphatic hydroxyl groups excluding tert-OH is 1. The summed E-state index contributed by atoms with van der Waals surface area (Å²) in [5, 5.41) is 22.1. The standard InChI is InChI=1S/C12H14N4O5.ClH/c17-5-3-13-4-6-20-9-7-14-12(15-8-9)10-1-2-11(21-10)16(18)19;/h1-2,7-8,13,17H,3-6H2;1H. The maximum absolute atomic E-state index is 10.5. The van der Waals surface area contributed by atoms with Crippen molar-refractivity contribution in [3.05, 3.63) is 34.6 Å². The Morgan fingerprint density at radius 2 is 2.05 bits per heavy atom. The molecule has 2 rings (SSSR count). The lowest BCUT2D eigenvalue weighted by Crippen LogP contribution is -2.24. The number of hydrogen-bond donors (Lipinski definition) is 2. The average Bonchev–Trinajstić information content (AvgIpc) is 2.98. The zero-order chi connectivity index (χ0) is 15.1. The van der Waals surface area contributed by atoms with Gasteiger partial charge in [-0.05, 0) is 6.07 Å². The fraction of sp³-hybridized carbons (Fsp3) is 0.333. The molecular weight excluding hydrogens is 316 g/mol. The van der Waals surface area contributed by atoms with Gasteiger partial charge in [-0.1, -0.05) is 0 Å². The number of nitro groups is 1. The van der Waals surface area contributed by atoms with Gasteiger partial charge in [-0.3, -0.25) is 10.1 Å². The Kier molecular flexibility index (Phi) is 7.23. The molecule has 2 aromatic rings. The van der Waals surface area contributed by atoms with E-state index in [1.165, 1.54) is 24.5 Å². The van der Waals surface area contributed by atoms with E-state index < -0.39 is 4.92 Å². The Morgan fingerprint density at radius 3 is 2.64 bits per heavy atom. The number of aromatic nitrogens is 2. The van der Waals surface area contributed by atoms with Gasteiger partial charge >= 0.3 is 5.88 Å². The fourth-order valence-corrected chi connectivity index (χ4v) is 1.51. The Balaban J connectivity index is 0.00000242. The molecule has 0 fully saturated rings. The van der Waals surface area contributed by atoms with E-state index in [4.69, 9.17) is 14.3 Å². The second-order valence-electron chi connectivity index (χ2n) is 3.96. The van der Waals surface area contributed by atoms with Crippen LogP contribution >= 0.6 is 12.4 Å². The Morgan fingerprint density at radius 1 is 1.32 bits per heavy atom. The van der Waals surface area contributed by atoms with Crippen molar-refractivity contribution < 1.29 is 19.2 Å². The van der Waals surface area contributed by atoms with Crippen LogP contribution in [0.2, 0.25) is 0 Å². The molecule has 0 saturated carbocycles. The van der Waals surface area contributed by atoms with Crippen LogP contribution in [0.4, 0.5) is 5.88 Å². The van der Waals surface area contributed by atoms with Crippen LogP contribution in [0.15, 0.2) is 28.9 Å². The summed E-state index contributed by atoms with van der Waals surface area (Å²) in [6, 6.07) is 2.68. The van der Waals surface area contributed by atoms with E-state index in [0.29, 0.717) is 25.4 Å². The largest absolute Gasteiger partial charge is 0.489 e. The van der Waals surface area contributed by atoms with E-state index in [0.717, 1.165) is 0 Å². The molecule has 0 saturated heterocycles.